The summed E-state index contributed by atoms with van der Waals surface area (Å²) in [5, 5.41) is 11.9. The molecule has 0 aliphatic rings. The van der Waals surface area contributed by atoms with Crippen LogP contribution in [0.1, 0.15) is 88.0 Å². The molecule has 0 N–H and O–H groups in total. The summed E-state index contributed by atoms with van der Waals surface area (Å²) in [6.07, 6.45) is 5.06. The minimum absolute atomic E-state index is 0.255. The van der Waals surface area contributed by atoms with Crippen LogP contribution in [0.3, 0.4) is 0 Å². The van der Waals surface area contributed by atoms with Gasteiger partial charge in [-0.05, 0) is 119 Å². The summed E-state index contributed by atoms with van der Waals surface area (Å²) in [5.41, 5.74) is 9.89. The quantitative estimate of drug-likeness (QED) is 0.145. The molecule has 0 spiro atoms. The van der Waals surface area contributed by atoms with Gasteiger partial charge in [0.05, 0.1) is 5.69 Å². The van der Waals surface area contributed by atoms with Crippen LogP contribution in [0.5, 0.6) is 0 Å². The van der Waals surface area contributed by atoms with Gasteiger partial charge in [-0.2, -0.15) is 0 Å². The van der Waals surface area contributed by atoms with Crippen molar-refractivity contribution in [3.05, 3.63) is 163 Å². The van der Waals surface area contributed by atoms with Gasteiger partial charge in [0.15, 0.2) is 9.60 Å². The molecule has 0 atom stereocenters. The third-order valence-electron chi connectivity index (χ3n) is 11.0. The number of ketones is 2. The van der Waals surface area contributed by atoms with E-state index in [0.29, 0.717) is 25.0 Å². The number of hydrogen-bond acceptors (Lipinski definition) is 6. The number of benzene rings is 6. The van der Waals surface area contributed by atoms with Gasteiger partial charge in [0, 0.05) is 61.2 Å². The SMILES string of the molecule is CCC(=O)Cc1ccc2cc(CC)ccc2c1.CCC(C)=O.CCc1ccc2cc(-n3c(C)csc3=NC)ccc2c1.CCc1ccc2cc(N=c3scc(C)n3C)ccc2c1. The average molecular weight is 863 g/mol. The predicted octanol–water partition coefficient (Wildman–Crippen LogP) is 13.3. The largest absolute Gasteiger partial charge is 0.324 e. The molecule has 2 heterocycles. The second kappa shape index (κ2) is 22.9. The van der Waals surface area contributed by atoms with Crippen molar-refractivity contribution in [2.45, 2.75) is 93.9 Å². The zero-order chi connectivity index (χ0) is 44.8. The minimum atomic E-state index is 0.255. The van der Waals surface area contributed by atoms with Crippen molar-refractivity contribution in [3.63, 3.8) is 0 Å². The number of rotatable bonds is 9. The van der Waals surface area contributed by atoms with Crippen molar-refractivity contribution in [3.8, 4) is 5.69 Å². The van der Waals surface area contributed by atoms with Gasteiger partial charge in [0.2, 0.25) is 0 Å². The molecule has 2 aromatic heterocycles. The molecule has 0 unspecified atom stereocenters. The number of carbonyl (C=O) groups is 2. The molecule has 8 heteroatoms. The number of nitrogens with zero attached hydrogens (tertiary/aromatic N) is 4. The van der Waals surface area contributed by atoms with Gasteiger partial charge in [-0.15, -0.1) is 22.7 Å². The van der Waals surface area contributed by atoms with Crippen LogP contribution in [0.15, 0.2) is 130 Å². The Kier molecular flexibility index (Phi) is 17.5. The first-order valence-corrected chi connectivity index (χ1v) is 23.5. The van der Waals surface area contributed by atoms with E-state index in [1.807, 2.05) is 20.9 Å². The van der Waals surface area contributed by atoms with Crippen LogP contribution in [0.25, 0.3) is 38.0 Å². The third kappa shape index (κ3) is 12.7. The van der Waals surface area contributed by atoms with Gasteiger partial charge in [0.1, 0.15) is 11.6 Å². The Balaban J connectivity index is 0.000000167. The molecule has 322 valence electrons. The summed E-state index contributed by atoms with van der Waals surface area (Å²) < 4.78 is 4.33. The number of hydrogen-bond donors (Lipinski definition) is 0. The van der Waals surface area contributed by atoms with Crippen molar-refractivity contribution in [1.29, 1.82) is 0 Å². The number of carbonyl (C=O) groups excluding carboxylic acids is 2. The maximum atomic E-state index is 11.4. The molecule has 6 nitrogen and oxygen atoms in total. The monoisotopic (exact) mass is 862 g/mol. The van der Waals surface area contributed by atoms with Crippen molar-refractivity contribution in [2.75, 3.05) is 7.05 Å². The number of thiazole rings is 2. The molecular weight excluding hydrogens is 801 g/mol. The number of aryl methyl sites for hydroxylation is 5. The van der Waals surface area contributed by atoms with Crippen LogP contribution >= 0.6 is 22.7 Å². The topological polar surface area (TPSA) is 68.7 Å². The molecular formula is C54H62N4O2S2. The first-order valence-electron chi connectivity index (χ1n) is 21.7. The van der Waals surface area contributed by atoms with Crippen molar-refractivity contribution in [2.24, 2.45) is 17.0 Å². The molecule has 6 aromatic carbocycles. The van der Waals surface area contributed by atoms with E-state index in [9.17, 15) is 9.59 Å². The molecule has 0 fully saturated rings. The number of Topliss-reactive ketones (excluding diaryl/α,β-unsaturated/α-hetero) is 2. The van der Waals surface area contributed by atoms with E-state index in [1.54, 1.807) is 29.6 Å². The van der Waals surface area contributed by atoms with E-state index in [-0.39, 0.29) is 5.78 Å². The Morgan fingerprint density at radius 1 is 0.548 bits per heavy atom. The fourth-order valence-corrected chi connectivity index (χ4v) is 8.50. The summed E-state index contributed by atoms with van der Waals surface area (Å²) in [5.74, 6) is 0.555. The highest BCUT2D eigenvalue weighted by atomic mass is 32.1. The second-order valence-corrected chi connectivity index (χ2v) is 17.2. The molecule has 0 radical (unpaired) electrons. The number of aromatic nitrogens is 2. The Bertz CT molecular complexity index is 2930. The molecule has 0 bridgehead atoms. The van der Waals surface area contributed by atoms with Crippen LogP contribution in [-0.2, 0) is 42.3 Å². The highest BCUT2D eigenvalue weighted by Gasteiger charge is 2.06. The minimum Gasteiger partial charge on any atom is -0.324 e. The van der Waals surface area contributed by atoms with E-state index in [2.05, 4.69) is 176 Å². The maximum Gasteiger partial charge on any atom is 0.189 e. The summed E-state index contributed by atoms with van der Waals surface area (Å²) >= 11 is 3.36. The third-order valence-corrected chi connectivity index (χ3v) is 13.0. The van der Waals surface area contributed by atoms with Crippen LogP contribution in [0, 0.1) is 13.8 Å². The average Bonchev–Trinajstić information content (AvgIpc) is 3.84. The maximum absolute atomic E-state index is 11.4. The van der Waals surface area contributed by atoms with E-state index in [4.69, 9.17) is 4.99 Å². The molecule has 62 heavy (non-hydrogen) atoms. The lowest BCUT2D eigenvalue weighted by molar-refractivity contribution is -0.118. The van der Waals surface area contributed by atoms with Crippen molar-refractivity contribution < 1.29 is 9.59 Å². The summed E-state index contributed by atoms with van der Waals surface area (Å²) in [7, 11) is 3.90. The van der Waals surface area contributed by atoms with Gasteiger partial charge in [0.25, 0.3) is 0 Å². The Labute approximate surface area is 376 Å². The zero-order valence-corrected chi connectivity index (χ0v) is 39.8. The molecule has 8 aromatic rings. The summed E-state index contributed by atoms with van der Waals surface area (Å²) in [6.45, 7) is 16.1. The fourth-order valence-electron chi connectivity index (χ4n) is 6.76. The van der Waals surface area contributed by atoms with Crippen LogP contribution < -0.4 is 9.60 Å². The zero-order valence-electron chi connectivity index (χ0n) is 38.2. The van der Waals surface area contributed by atoms with Gasteiger partial charge in [-0.1, -0.05) is 120 Å². The molecule has 0 saturated carbocycles. The highest BCUT2D eigenvalue weighted by Crippen LogP contribution is 2.24. The van der Waals surface area contributed by atoms with Crippen LogP contribution in [-0.4, -0.2) is 27.7 Å². The lowest BCUT2D eigenvalue weighted by Gasteiger charge is -2.08. The van der Waals surface area contributed by atoms with E-state index < -0.39 is 0 Å². The fraction of sp³-hybridized carbons (Fsp3) is 0.296. The molecule has 0 aliphatic carbocycles. The van der Waals surface area contributed by atoms with Crippen LogP contribution in [0.4, 0.5) is 5.69 Å². The van der Waals surface area contributed by atoms with Crippen molar-refractivity contribution in [1.82, 2.24) is 9.13 Å². The van der Waals surface area contributed by atoms with Gasteiger partial charge >= 0.3 is 0 Å². The number of fused-ring (bicyclic) bond motifs is 3. The van der Waals surface area contributed by atoms with Gasteiger partial charge in [-0.25, -0.2) is 4.99 Å². The van der Waals surface area contributed by atoms with E-state index >= 15 is 0 Å². The standard InChI is InChI=1S/2C17H18N2S.C16H18O.C4H8O/c1-4-13-5-6-15-10-16(8-7-14(15)9-13)18-17-19(3)12(2)11-20-17;1-4-13-5-6-15-10-16(8-7-14(15)9-13)19-12(2)11-20-17(19)18-3;1-3-12-5-7-15-10-13(11-16(17)4-2)6-8-14(15)9-12;1-3-4(2)5/h2*5-11H,4H2,1-3H3;5-10H,3-4,11H2,1-2H3;3H2,1-2H3. The molecule has 0 aliphatic heterocycles. The Morgan fingerprint density at radius 2 is 0.984 bits per heavy atom. The summed E-state index contributed by atoms with van der Waals surface area (Å²) in [6, 6.07) is 39.2. The second-order valence-electron chi connectivity index (χ2n) is 15.5. The first-order chi connectivity index (χ1) is 29.9. The van der Waals surface area contributed by atoms with Crippen LogP contribution in [0.2, 0.25) is 0 Å². The van der Waals surface area contributed by atoms with E-state index in [0.717, 1.165) is 40.1 Å². The predicted molar refractivity (Wildman–Crippen MR) is 267 cm³/mol. The highest BCUT2D eigenvalue weighted by molar-refractivity contribution is 7.07. The lowest BCUT2D eigenvalue weighted by Crippen LogP contribution is -2.13. The summed E-state index contributed by atoms with van der Waals surface area (Å²) in [4.78, 5) is 32.4. The smallest absolute Gasteiger partial charge is 0.189 e. The Morgan fingerprint density at radius 3 is 1.45 bits per heavy atom. The first kappa shape index (κ1) is 47.4. The van der Waals surface area contributed by atoms with Gasteiger partial charge in [-0.3, -0.25) is 14.4 Å². The molecule has 0 saturated heterocycles. The van der Waals surface area contributed by atoms with Crippen molar-refractivity contribution >= 4 is 72.2 Å². The van der Waals surface area contributed by atoms with E-state index in [1.165, 1.54) is 66.1 Å². The Hall–Kier alpha value is -5.70. The lowest BCUT2D eigenvalue weighted by atomic mass is 10.0. The van der Waals surface area contributed by atoms with Gasteiger partial charge < -0.3 is 9.36 Å². The normalized spacial score (nSPS) is 11.5. The molecule has 0 amide bonds. The molecule has 8 rings (SSSR count).